The van der Waals surface area contributed by atoms with Crippen molar-refractivity contribution in [1.29, 1.82) is 0 Å². The van der Waals surface area contributed by atoms with Crippen LogP contribution in [0.3, 0.4) is 0 Å². The van der Waals surface area contributed by atoms with Crippen LogP contribution in [-0.4, -0.2) is 42.2 Å². The Morgan fingerprint density at radius 2 is 2.10 bits per heavy atom. The molecule has 5 nitrogen and oxygen atoms in total. The van der Waals surface area contributed by atoms with E-state index >= 15 is 0 Å². The summed E-state index contributed by atoms with van der Waals surface area (Å²) < 4.78 is 5.62. The zero-order valence-corrected chi connectivity index (χ0v) is 13.0. The first-order valence-corrected chi connectivity index (χ1v) is 7.82. The number of amides is 1. The van der Waals surface area contributed by atoms with Crippen molar-refractivity contribution in [2.75, 3.05) is 26.2 Å². The molecule has 21 heavy (non-hydrogen) atoms. The largest absolute Gasteiger partial charge is 0.455 e. The van der Waals surface area contributed by atoms with Gasteiger partial charge in [-0.2, -0.15) is 0 Å². The molecule has 1 fully saturated rings. The Balaban J connectivity index is 1.84. The van der Waals surface area contributed by atoms with Crippen LogP contribution in [-0.2, 0) is 6.54 Å². The summed E-state index contributed by atoms with van der Waals surface area (Å²) in [5, 5.41) is 11.9. The Hall–Kier alpha value is -1.33. The Labute approximate surface area is 126 Å². The summed E-state index contributed by atoms with van der Waals surface area (Å²) in [6, 6.07) is 3.60. The lowest BCUT2D eigenvalue weighted by Gasteiger charge is -2.16. The van der Waals surface area contributed by atoms with E-state index in [1.165, 1.54) is 0 Å². The fourth-order valence-corrected chi connectivity index (χ4v) is 2.54. The number of hydrogen-bond acceptors (Lipinski definition) is 4. The molecule has 0 aliphatic heterocycles. The van der Waals surface area contributed by atoms with Gasteiger partial charge in [0.15, 0.2) is 5.76 Å². The molecule has 1 heterocycles. The molecule has 2 N–H and O–H groups in total. The van der Waals surface area contributed by atoms with Gasteiger partial charge in [-0.1, -0.05) is 13.8 Å². The molecule has 1 aromatic rings. The first kappa shape index (κ1) is 16.0. The lowest BCUT2D eigenvalue weighted by atomic mass is 10.0. The molecule has 0 bridgehead atoms. The lowest BCUT2D eigenvalue weighted by Crippen LogP contribution is -2.30. The van der Waals surface area contributed by atoms with Crippen LogP contribution in [0, 0.1) is 5.41 Å². The van der Waals surface area contributed by atoms with E-state index in [0.29, 0.717) is 12.3 Å². The van der Waals surface area contributed by atoms with Gasteiger partial charge in [0.1, 0.15) is 5.76 Å². The van der Waals surface area contributed by atoms with E-state index in [0.717, 1.165) is 44.7 Å². The smallest absolute Gasteiger partial charge is 0.287 e. The van der Waals surface area contributed by atoms with Crippen molar-refractivity contribution in [3.63, 3.8) is 0 Å². The van der Waals surface area contributed by atoms with Gasteiger partial charge in [-0.3, -0.25) is 9.69 Å². The zero-order valence-electron chi connectivity index (χ0n) is 13.0. The van der Waals surface area contributed by atoms with E-state index in [9.17, 15) is 4.79 Å². The minimum absolute atomic E-state index is 0.126. The van der Waals surface area contributed by atoms with Crippen LogP contribution in [0.4, 0.5) is 0 Å². The molecule has 1 aliphatic carbocycles. The highest BCUT2D eigenvalue weighted by Crippen LogP contribution is 2.47. The summed E-state index contributed by atoms with van der Waals surface area (Å²) in [5.74, 6) is 1.03. The van der Waals surface area contributed by atoms with Crippen LogP contribution in [0.1, 0.15) is 49.4 Å². The van der Waals surface area contributed by atoms with E-state index in [1.54, 1.807) is 6.07 Å². The second kappa shape index (κ2) is 7.09. The van der Waals surface area contributed by atoms with Gasteiger partial charge in [0.25, 0.3) is 5.91 Å². The fraction of sp³-hybridized carbons (Fsp3) is 0.688. The molecule has 0 unspecified atom stereocenters. The Morgan fingerprint density at radius 1 is 1.38 bits per heavy atom. The van der Waals surface area contributed by atoms with Gasteiger partial charge in [0.05, 0.1) is 6.54 Å². The lowest BCUT2D eigenvalue weighted by molar-refractivity contribution is 0.0909. The van der Waals surface area contributed by atoms with Crippen LogP contribution < -0.4 is 5.32 Å². The van der Waals surface area contributed by atoms with Gasteiger partial charge in [0.2, 0.25) is 0 Å². The summed E-state index contributed by atoms with van der Waals surface area (Å²) in [6.07, 6.45) is 2.93. The Morgan fingerprint density at radius 3 is 2.67 bits per heavy atom. The number of nitrogens with one attached hydrogen (secondary N) is 1. The predicted octanol–water partition coefficient (Wildman–Crippen LogP) is 2.01. The van der Waals surface area contributed by atoms with Gasteiger partial charge in [-0.15, -0.1) is 0 Å². The zero-order chi connectivity index (χ0) is 15.3. The molecule has 0 saturated heterocycles. The van der Waals surface area contributed by atoms with Crippen LogP contribution >= 0.6 is 0 Å². The van der Waals surface area contributed by atoms with Crippen LogP contribution in [0.15, 0.2) is 16.5 Å². The highest BCUT2D eigenvalue weighted by molar-refractivity contribution is 5.91. The maximum Gasteiger partial charge on any atom is 0.287 e. The Kier molecular flexibility index (Phi) is 5.42. The van der Waals surface area contributed by atoms with Gasteiger partial charge in [-0.25, -0.2) is 0 Å². The number of nitrogens with zero attached hydrogens (tertiary/aromatic N) is 1. The third kappa shape index (κ3) is 4.32. The van der Waals surface area contributed by atoms with Crippen LogP contribution in [0.2, 0.25) is 0 Å². The standard InChI is InChI=1S/C16H26N2O3/c1-3-18(4-2)11-13-5-6-14(21-13)15(20)17-12-16(7-8-16)9-10-19/h5-6,19H,3-4,7-12H2,1-2H3,(H,17,20). The van der Waals surface area contributed by atoms with Crippen molar-refractivity contribution < 1.29 is 14.3 Å². The first-order valence-electron chi connectivity index (χ1n) is 7.82. The molecule has 1 aliphatic rings. The molecule has 1 aromatic heterocycles. The summed E-state index contributed by atoms with van der Waals surface area (Å²) >= 11 is 0. The summed E-state index contributed by atoms with van der Waals surface area (Å²) in [6.45, 7) is 7.68. The second-order valence-corrected chi connectivity index (χ2v) is 5.88. The van der Waals surface area contributed by atoms with E-state index in [-0.39, 0.29) is 17.9 Å². The van der Waals surface area contributed by atoms with Crippen molar-refractivity contribution in [2.24, 2.45) is 5.41 Å². The molecule has 1 saturated carbocycles. The van der Waals surface area contributed by atoms with Crippen LogP contribution in [0.25, 0.3) is 0 Å². The molecule has 0 radical (unpaired) electrons. The normalized spacial score (nSPS) is 16.2. The maximum absolute atomic E-state index is 12.1. The number of aliphatic hydroxyl groups is 1. The molecule has 0 aromatic carbocycles. The fourth-order valence-electron chi connectivity index (χ4n) is 2.54. The van der Waals surface area contributed by atoms with Crippen molar-refractivity contribution in [3.05, 3.63) is 23.7 Å². The van der Waals surface area contributed by atoms with E-state index in [4.69, 9.17) is 9.52 Å². The first-order chi connectivity index (χ1) is 10.1. The number of carbonyl (C=O) groups excluding carboxylic acids is 1. The van der Waals surface area contributed by atoms with Gasteiger partial charge in [-0.05, 0) is 49.9 Å². The number of aliphatic hydroxyl groups excluding tert-OH is 1. The average molecular weight is 294 g/mol. The molecule has 0 atom stereocenters. The second-order valence-electron chi connectivity index (χ2n) is 5.88. The molecule has 2 rings (SSSR count). The number of carbonyl (C=O) groups is 1. The van der Waals surface area contributed by atoms with Crippen molar-refractivity contribution >= 4 is 5.91 Å². The van der Waals surface area contributed by atoms with Crippen molar-refractivity contribution in [1.82, 2.24) is 10.2 Å². The van der Waals surface area contributed by atoms with Gasteiger partial charge in [0, 0.05) is 13.2 Å². The summed E-state index contributed by atoms with van der Waals surface area (Å²) in [5.41, 5.74) is 0.126. The highest BCUT2D eigenvalue weighted by atomic mass is 16.4. The number of hydrogen-bond donors (Lipinski definition) is 2. The maximum atomic E-state index is 12.1. The third-order valence-corrected chi connectivity index (χ3v) is 4.38. The molecule has 118 valence electrons. The minimum Gasteiger partial charge on any atom is -0.455 e. The monoisotopic (exact) mass is 294 g/mol. The Bertz CT molecular complexity index is 462. The molecular formula is C16H26N2O3. The van der Waals surface area contributed by atoms with Crippen LogP contribution in [0.5, 0.6) is 0 Å². The molecule has 1 amide bonds. The highest BCUT2D eigenvalue weighted by Gasteiger charge is 2.42. The van der Waals surface area contributed by atoms with E-state index < -0.39 is 0 Å². The van der Waals surface area contributed by atoms with Gasteiger partial charge < -0.3 is 14.8 Å². The molecular weight excluding hydrogens is 268 g/mol. The quantitative estimate of drug-likeness (QED) is 0.731. The molecule has 5 heteroatoms. The van der Waals surface area contributed by atoms with Gasteiger partial charge >= 0.3 is 0 Å². The predicted molar refractivity (Wildman–Crippen MR) is 81.0 cm³/mol. The number of rotatable bonds is 9. The number of furan rings is 1. The topological polar surface area (TPSA) is 65.7 Å². The summed E-state index contributed by atoms with van der Waals surface area (Å²) in [4.78, 5) is 14.3. The van der Waals surface area contributed by atoms with Crippen molar-refractivity contribution in [2.45, 2.75) is 39.7 Å². The van der Waals surface area contributed by atoms with Crippen molar-refractivity contribution in [3.8, 4) is 0 Å². The SMILES string of the molecule is CCN(CC)Cc1ccc(C(=O)NCC2(CCO)CC2)o1. The van der Waals surface area contributed by atoms with E-state index in [1.807, 2.05) is 6.07 Å². The molecule has 0 spiro atoms. The van der Waals surface area contributed by atoms with E-state index in [2.05, 4.69) is 24.1 Å². The minimum atomic E-state index is -0.162. The summed E-state index contributed by atoms with van der Waals surface area (Å²) in [7, 11) is 0. The average Bonchev–Trinajstić information content (AvgIpc) is 3.10. The third-order valence-electron chi connectivity index (χ3n) is 4.38.